The maximum atomic E-state index is 8.34. The van der Waals surface area contributed by atoms with E-state index >= 15 is 0 Å². The monoisotopic (exact) mass is 631 g/mol. The average Bonchev–Trinajstić information content (AvgIpc) is 1.00. The molecule has 0 amide bonds. The van der Waals surface area contributed by atoms with Crippen molar-refractivity contribution in [3.63, 3.8) is 0 Å². The average molecular weight is 630 g/mol. The largest absolute Gasteiger partial charge is 0 e. The molecular weight excluding hydrogens is 630 g/mol. The summed E-state index contributed by atoms with van der Waals surface area (Å²) in [5, 5.41) is 0. The molecule has 0 aliphatic heterocycles. The van der Waals surface area contributed by atoms with Gasteiger partial charge < -0.3 is 0 Å². The van der Waals surface area contributed by atoms with Gasteiger partial charge in [0.15, 0.2) is 0 Å². The fourth-order valence-electron chi connectivity index (χ4n) is 0. The molecule has 5 heteroatoms. The van der Waals surface area contributed by atoms with Gasteiger partial charge in [0.05, 0.1) is 0 Å². The van der Waals surface area contributed by atoms with E-state index in [9.17, 15) is 0 Å². The molecular formula is IrOSbSnTa. The third-order valence-electron chi connectivity index (χ3n) is 0. The predicted molar refractivity (Wildman–Crippen MR) is 12.2 cm³/mol. The van der Waals surface area contributed by atoms with Crippen LogP contribution in [0, 0.1) is 0 Å². The second-order valence-corrected chi connectivity index (χ2v) is 0. The van der Waals surface area contributed by atoms with Crippen LogP contribution in [0.25, 0.3) is 0 Å². The molecule has 0 aliphatic carbocycles. The minimum atomic E-state index is 0. The Morgan fingerprint density at radius 3 is 1.20 bits per heavy atom. The topological polar surface area (TPSA) is 17.1 Å². The third-order valence-corrected chi connectivity index (χ3v) is 0. The first-order valence-electron chi connectivity index (χ1n) is 0.204. The molecule has 0 aliphatic rings. The van der Waals surface area contributed by atoms with Gasteiger partial charge in [-0.25, -0.2) is 0 Å². The van der Waals surface area contributed by atoms with E-state index < -0.39 is 0 Å². The van der Waals surface area contributed by atoms with E-state index in [-0.39, 0.29) is 66.9 Å². The van der Waals surface area contributed by atoms with Crippen molar-refractivity contribution in [1.29, 1.82) is 0 Å². The molecule has 5 heavy (non-hydrogen) atoms. The third kappa shape index (κ3) is 20.0. The molecule has 0 fully saturated rings. The van der Waals surface area contributed by atoms with Gasteiger partial charge in [0.1, 0.15) is 0 Å². The van der Waals surface area contributed by atoms with Crippen LogP contribution in [-0.4, -0.2) is 46.9 Å². The van der Waals surface area contributed by atoms with E-state index in [1.807, 2.05) is 0 Å². The van der Waals surface area contributed by atoms with Crippen LogP contribution in [-0.2, 0) is 45.6 Å². The summed E-state index contributed by atoms with van der Waals surface area (Å²) in [5.41, 5.74) is 0. The van der Waals surface area contributed by atoms with Crippen molar-refractivity contribution in [3.05, 3.63) is 0 Å². The van der Waals surface area contributed by atoms with Gasteiger partial charge in [0, 0.05) is 66.9 Å². The van der Waals surface area contributed by atoms with Crippen molar-refractivity contribution in [2.24, 2.45) is 0 Å². The van der Waals surface area contributed by atoms with E-state index in [0.717, 1.165) is 0 Å². The van der Waals surface area contributed by atoms with Crippen LogP contribution in [0.2, 0.25) is 0 Å². The van der Waals surface area contributed by atoms with Crippen molar-refractivity contribution in [2.75, 3.05) is 0 Å². The standard InChI is InChI=1S/Ir.O.Sb.Sn.Ta. The fraction of sp³-hybridized carbons (Fsp3) is 0. The Morgan fingerprint density at radius 2 is 1.20 bits per heavy atom. The zero-order chi connectivity index (χ0) is 2.00. The van der Waals surface area contributed by atoms with Crippen LogP contribution >= 0.6 is 0 Å². The second-order valence-electron chi connectivity index (χ2n) is 0. The molecule has 7 radical (unpaired) electrons. The Kier molecular flexibility index (Phi) is 145. The van der Waals surface area contributed by atoms with Gasteiger partial charge in [-0.05, 0) is 0 Å². The van der Waals surface area contributed by atoms with E-state index in [1.165, 1.54) is 0 Å². The zero-order valence-corrected chi connectivity index (χ0v) is 13.2. The molecule has 0 saturated heterocycles. The van der Waals surface area contributed by atoms with Crippen LogP contribution < -0.4 is 0 Å². The molecule has 0 heterocycles. The van der Waals surface area contributed by atoms with Gasteiger partial charge in [-0.3, -0.25) is 0 Å². The molecule has 0 N–H and O–H groups in total. The Balaban J connectivity index is -0.00000000167. The Hall–Kier alpha value is 2.81. The van der Waals surface area contributed by atoms with Crippen LogP contribution in [0.1, 0.15) is 0 Å². The number of rotatable bonds is 0. The van der Waals surface area contributed by atoms with E-state index in [1.54, 1.807) is 0 Å². The first-order valence-corrected chi connectivity index (χ1v) is 1.37. The minimum Gasteiger partial charge on any atom is 0 e. The molecule has 0 rings (SSSR count). The number of hydrogen-bond donors (Lipinski definition) is 0. The molecule has 0 aromatic carbocycles. The van der Waals surface area contributed by atoms with E-state index in [0.29, 0.717) is 22.5 Å². The summed E-state index contributed by atoms with van der Waals surface area (Å²) in [6, 6.07) is 0. The minimum absolute atomic E-state index is 0. The van der Waals surface area contributed by atoms with Crippen LogP contribution in [0.3, 0.4) is 0 Å². The summed E-state index contributed by atoms with van der Waals surface area (Å²) in [5.74, 6) is 0. The smallest absolute Gasteiger partial charge is 0 e. The van der Waals surface area contributed by atoms with Crippen molar-refractivity contribution < 1.29 is 45.6 Å². The van der Waals surface area contributed by atoms with Gasteiger partial charge >= 0.3 is 25.6 Å². The Bertz CT molecular complexity index is 11.6. The van der Waals surface area contributed by atoms with Crippen LogP contribution in [0.5, 0.6) is 0 Å². The van der Waals surface area contributed by atoms with Gasteiger partial charge in [0.25, 0.3) is 0 Å². The molecule has 0 unspecified atom stereocenters. The normalized spacial score (nSPS) is 0.800. The van der Waals surface area contributed by atoms with Crippen LogP contribution in [0.15, 0.2) is 0 Å². The van der Waals surface area contributed by atoms with Crippen molar-refractivity contribution >= 4 is 46.9 Å². The van der Waals surface area contributed by atoms with Gasteiger partial charge in [-0.2, -0.15) is 0 Å². The van der Waals surface area contributed by atoms with Crippen molar-refractivity contribution in [3.8, 4) is 0 Å². The summed E-state index contributed by atoms with van der Waals surface area (Å²) in [6.45, 7) is 0. The Morgan fingerprint density at radius 1 is 1.20 bits per heavy atom. The molecule has 0 aromatic rings. The quantitative estimate of drug-likeness (QED) is 0.319. The summed E-state index contributed by atoms with van der Waals surface area (Å²) < 4.78 is 8.34. The Labute approximate surface area is 90.8 Å². The molecule has 0 aromatic heterocycles. The summed E-state index contributed by atoms with van der Waals surface area (Å²) in [4.78, 5) is 0. The van der Waals surface area contributed by atoms with Crippen molar-refractivity contribution in [1.82, 2.24) is 0 Å². The van der Waals surface area contributed by atoms with Gasteiger partial charge in [-0.1, -0.05) is 0 Å². The summed E-state index contributed by atoms with van der Waals surface area (Å²) in [6.07, 6.45) is 0. The SMILES string of the molecule is [Ir].[O]=[Sn].[Sb].[Ta]. The fourth-order valence-corrected chi connectivity index (χ4v) is 0. The molecule has 0 atom stereocenters. The maximum absolute atomic E-state index is 8.34. The molecule has 0 bridgehead atoms. The van der Waals surface area contributed by atoms with E-state index in [2.05, 4.69) is 0 Å². The van der Waals surface area contributed by atoms with Crippen LogP contribution in [0.4, 0.5) is 0 Å². The molecule has 29 valence electrons. The molecule has 0 spiro atoms. The van der Waals surface area contributed by atoms with E-state index in [4.69, 9.17) is 3.08 Å². The zero-order valence-electron chi connectivity index (χ0n) is 2.14. The predicted octanol–water partition coefficient (Wildman–Crippen LogP) is -0.885. The first-order chi connectivity index (χ1) is 1.00. The number of hydrogen-bond acceptors (Lipinski definition) is 1. The van der Waals surface area contributed by atoms with Gasteiger partial charge in [-0.15, -0.1) is 0 Å². The van der Waals surface area contributed by atoms with Crippen molar-refractivity contribution in [2.45, 2.75) is 0 Å². The maximum Gasteiger partial charge on any atom is 0 e. The molecule has 1 nitrogen and oxygen atoms in total. The second kappa shape index (κ2) is 29.1. The summed E-state index contributed by atoms with van der Waals surface area (Å²) in [7, 11) is 0. The van der Waals surface area contributed by atoms with Gasteiger partial charge in [0.2, 0.25) is 0 Å². The molecule has 0 saturated carbocycles. The summed E-state index contributed by atoms with van der Waals surface area (Å²) >= 11 is 0.300. The first kappa shape index (κ1) is 25.0.